The fraction of sp³-hybridized carbons (Fsp3) is 0.200. The molecule has 1 N–H and O–H groups in total. The number of hydrogen-bond donors (Lipinski definition) is 1. The first-order valence-corrected chi connectivity index (χ1v) is 4.93. The van der Waals surface area contributed by atoms with Gasteiger partial charge in [0.2, 0.25) is 6.54 Å². The maximum atomic E-state index is 10.2. The number of aliphatic hydroxyl groups is 1. The average molecular weight is 242 g/mol. The Labute approximate surface area is 95.4 Å². The Bertz CT molecular complexity index is 537. The molecule has 0 bridgehead atoms. The first-order valence-electron chi connectivity index (χ1n) is 4.56. The van der Waals surface area contributed by atoms with Crippen LogP contribution in [-0.4, -0.2) is 16.6 Å². The number of nitro groups is 1. The molecule has 6 heteroatoms. The Hall–Kier alpha value is -1.59. The largest absolute Gasteiger partial charge is 0.456 e. The zero-order chi connectivity index (χ0) is 11.7. The zero-order valence-corrected chi connectivity index (χ0v) is 8.85. The van der Waals surface area contributed by atoms with Crippen LogP contribution in [-0.2, 0) is 0 Å². The summed E-state index contributed by atoms with van der Waals surface area (Å²) in [7, 11) is 0. The number of benzene rings is 1. The summed E-state index contributed by atoms with van der Waals surface area (Å²) in [4.78, 5) is 9.65. The van der Waals surface area contributed by atoms with Crippen molar-refractivity contribution in [2.24, 2.45) is 0 Å². The van der Waals surface area contributed by atoms with Gasteiger partial charge in [-0.1, -0.05) is 23.7 Å². The highest BCUT2D eigenvalue weighted by molar-refractivity contribution is 6.34. The zero-order valence-electron chi connectivity index (χ0n) is 8.09. The van der Waals surface area contributed by atoms with Crippen molar-refractivity contribution in [3.05, 3.63) is 45.2 Å². The SMILES string of the molecule is O=[N+]([O-])C[C@H](O)c1cc2cccc(Cl)c2o1. The molecule has 1 aromatic heterocycles. The molecular formula is C10H8ClNO4. The van der Waals surface area contributed by atoms with Gasteiger partial charge in [-0.2, -0.15) is 0 Å². The van der Waals surface area contributed by atoms with Crippen LogP contribution in [0.3, 0.4) is 0 Å². The maximum Gasteiger partial charge on any atom is 0.236 e. The molecule has 84 valence electrons. The van der Waals surface area contributed by atoms with Crippen molar-refractivity contribution in [2.45, 2.75) is 6.10 Å². The van der Waals surface area contributed by atoms with Crippen LogP contribution in [0.2, 0.25) is 5.02 Å². The summed E-state index contributed by atoms with van der Waals surface area (Å²) < 4.78 is 5.28. The molecule has 0 saturated heterocycles. The van der Waals surface area contributed by atoms with Gasteiger partial charge in [-0.15, -0.1) is 0 Å². The summed E-state index contributed by atoms with van der Waals surface area (Å²) in [5.41, 5.74) is 0.432. The molecule has 0 aliphatic carbocycles. The lowest BCUT2D eigenvalue weighted by atomic mass is 10.2. The third-order valence-corrected chi connectivity index (χ3v) is 2.46. The molecule has 0 spiro atoms. The van der Waals surface area contributed by atoms with Crippen molar-refractivity contribution in [3.63, 3.8) is 0 Å². The van der Waals surface area contributed by atoms with E-state index in [-0.39, 0.29) is 5.76 Å². The molecule has 1 atom stereocenters. The summed E-state index contributed by atoms with van der Waals surface area (Å²) in [5.74, 6) is 0.153. The van der Waals surface area contributed by atoms with Gasteiger partial charge in [0.1, 0.15) is 5.76 Å². The van der Waals surface area contributed by atoms with E-state index in [9.17, 15) is 15.2 Å². The second-order valence-corrected chi connectivity index (χ2v) is 3.75. The van der Waals surface area contributed by atoms with E-state index in [1.165, 1.54) is 0 Å². The van der Waals surface area contributed by atoms with Gasteiger partial charge in [0.25, 0.3) is 0 Å². The predicted molar refractivity (Wildman–Crippen MR) is 58.0 cm³/mol. The van der Waals surface area contributed by atoms with Crippen LogP contribution in [0.1, 0.15) is 11.9 Å². The van der Waals surface area contributed by atoms with E-state index in [1.54, 1.807) is 24.3 Å². The van der Waals surface area contributed by atoms with Crippen molar-refractivity contribution in [2.75, 3.05) is 6.54 Å². The number of hydrogen-bond acceptors (Lipinski definition) is 4. The van der Waals surface area contributed by atoms with Crippen molar-refractivity contribution in [1.82, 2.24) is 0 Å². The first-order chi connectivity index (χ1) is 7.58. The topological polar surface area (TPSA) is 76.5 Å². The number of para-hydroxylation sites is 1. The number of fused-ring (bicyclic) bond motifs is 1. The maximum absolute atomic E-state index is 10.2. The lowest BCUT2D eigenvalue weighted by Gasteiger charge is -2.00. The van der Waals surface area contributed by atoms with Crippen LogP contribution in [0, 0.1) is 10.1 Å². The van der Waals surface area contributed by atoms with Crippen molar-refractivity contribution in [1.29, 1.82) is 0 Å². The van der Waals surface area contributed by atoms with Crippen molar-refractivity contribution >= 4 is 22.6 Å². The molecule has 0 unspecified atom stereocenters. The number of rotatable bonds is 3. The third-order valence-electron chi connectivity index (χ3n) is 2.17. The van der Waals surface area contributed by atoms with E-state index >= 15 is 0 Å². The summed E-state index contributed by atoms with van der Waals surface area (Å²) in [6.45, 7) is -0.586. The second-order valence-electron chi connectivity index (χ2n) is 3.34. The Kier molecular flexibility index (Phi) is 2.80. The monoisotopic (exact) mass is 241 g/mol. The van der Waals surface area contributed by atoms with Gasteiger partial charge < -0.3 is 9.52 Å². The number of halogens is 1. The van der Waals surface area contributed by atoms with E-state index < -0.39 is 17.6 Å². The van der Waals surface area contributed by atoms with Gasteiger partial charge in [0.05, 0.1) is 5.02 Å². The van der Waals surface area contributed by atoms with Crippen molar-refractivity contribution < 1.29 is 14.4 Å². The molecule has 2 aromatic rings. The Morgan fingerprint density at radius 2 is 2.31 bits per heavy atom. The van der Waals surface area contributed by atoms with Crippen LogP contribution < -0.4 is 0 Å². The predicted octanol–water partition coefficient (Wildman–Crippen LogP) is 2.40. The average Bonchev–Trinajstić information content (AvgIpc) is 2.61. The third kappa shape index (κ3) is 2.00. The Balaban J connectivity index is 2.39. The van der Waals surface area contributed by atoms with Crippen LogP contribution in [0.4, 0.5) is 0 Å². The molecule has 16 heavy (non-hydrogen) atoms. The highest BCUT2D eigenvalue weighted by atomic mass is 35.5. The Morgan fingerprint density at radius 1 is 1.56 bits per heavy atom. The molecule has 0 aliphatic rings. The molecule has 5 nitrogen and oxygen atoms in total. The van der Waals surface area contributed by atoms with E-state index in [2.05, 4.69) is 0 Å². The number of furan rings is 1. The lowest BCUT2D eigenvalue weighted by molar-refractivity contribution is -0.492. The number of nitrogens with zero attached hydrogens (tertiary/aromatic N) is 1. The molecule has 0 fully saturated rings. The van der Waals surface area contributed by atoms with Gasteiger partial charge in [-0.25, -0.2) is 0 Å². The minimum atomic E-state index is -1.25. The lowest BCUT2D eigenvalue weighted by Crippen LogP contribution is -2.10. The fourth-order valence-corrected chi connectivity index (χ4v) is 1.66. The van der Waals surface area contributed by atoms with Crippen LogP contribution in [0.15, 0.2) is 28.7 Å². The molecule has 0 saturated carbocycles. The van der Waals surface area contributed by atoms with Gasteiger partial charge >= 0.3 is 0 Å². The van der Waals surface area contributed by atoms with E-state index in [0.29, 0.717) is 16.0 Å². The standard InChI is InChI=1S/C10H8ClNO4/c11-7-3-1-2-6-4-9(16-10(6)7)8(13)5-12(14)15/h1-4,8,13H,5H2/t8-/m0/s1. The quantitative estimate of drug-likeness (QED) is 0.661. The first kappa shape index (κ1) is 10.9. The van der Waals surface area contributed by atoms with Crippen LogP contribution >= 0.6 is 11.6 Å². The molecule has 1 aromatic carbocycles. The van der Waals surface area contributed by atoms with E-state index in [1.807, 2.05) is 0 Å². The highest BCUT2D eigenvalue weighted by Crippen LogP contribution is 2.29. The normalized spacial score (nSPS) is 12.9. The van der Waals surface area contributed by atoms with Crippen LogP contribution in [0.5, 0.6) is 0 Å². The molecule has 0 radical (unpaired) electrons. The molecule has 1 heterocycles. The van der Waals surface area contributed by atoms with E-state index in [4.69, 9.17) is 16.0 Å². The minimum absolute atomic E-state index is 0.153. The van der Waals surface area contributed by atoms with Gasteiger partial charge in [0.15, 0.2) is 11.7 Å². The van der Waals surface area contributed by atoms with Gasteiger partial charge in [0, 0.05) is 10.3 Å². The summed E-state index contributed by atoms with van der Waals surface area (Å²) in [5, 5.41) is 20.9. The van der Waals surface area contributed by atoms with Gasteiger partial charge in [-0.05, 0) is 12.1 Å². The van der Waals surface area contributed by atoms with Gasteiger partial charge in [-0.3, -0.25) is 10.1 Å². The number of aliphatic hydroxyl groups excluding tert-OH is 1. The summed E-state index contributed by atoms with van der Waals surface area (Å²) in [6, 6.07) is 6.70. The second kappa shape index (κ2) is 4.11. The molecule has 0 aliphatic heterocycles. The molecular weight excluding hydrogens is 234 g/mol. The smallest absolute Gasteiger partial charge is 0.236 e. The molecule has 0 amide bonds. The summed E-state index contributed by atoms with van der Waals surface area (Å²) >= 11 is 5.87. The fourth-order valence-electron chi connectivity index (χ4n) is 1.44. The van der Waals surface area contributed by atoms with E-state index in [0.717, 1.165) is 0 Å². The minimum Gasteiger partial charge on any atom is -0.456 e. The molecule has 2 rings (SSSR count). The Morgan fingerprint density at radius 3 is 2.94 bits per heavy atom. The van der Waals surface area contributed by atoms with Crippen LogP contribution in [0.25, 0.3) is 11.0 Å². The summed E-state index contributed by atoms with van der Waals surface area (Å²) in [6.07, 6.45) is -1.25. The van der Waals surface area contributed by atoms with Crippen molar-refractivity contribution in [3.8, 4) is 0 Å². The highest BCUT2D eigenvalue weighted by Gasteiger charge is 2.19.